The van der Waals surface area contributed by atoms with E-state index in [0.29, 0.717) is 18.3 Å². The van der Waals surface area contributed by atoms with Gasteiger partial charge in [0, 0.05) is 22.7 Å². The topological polar surface area (TPSA) is 92.8 Å². The van der Waals surface area contributed by atoms with E-state index in [1.165, 1.54) is 11.3 Å². The summed E-state index contributed by atoms with van der Waals surface area (Å²) in [6.45, 7) is 6.99. The van der Waals surface area contributed by atoms with Gasteiger partial charge in [-0.1, -0.05) is 41.7 Å². The smallest absolute Gasteiger partial charge is 0.268 e. The monoisotopic (exact) mass is 457 g/mol. The number of nitrogens with one attached hydrogen (secondary N) is 1. The Balaban J connectivity index is 1.56. The summed E-state index contributed by atoms with van der Waals surface area (Å²) in [4.78, 5) is 12.6. The molecule has 0 aliphatic carbocycles. The third kappa shape index (κ3) is 5.10. The lowest BCUT2D eigenvalue weighted by Crippen LogP contribution is -2.13. The highest BCUT2D eigenvalue weighted by Gasteiger charge is 2.14. The minimum Gasteiger partial charge on any atom is -0.491 e. The Morgan fingerprint density at radius 2 is 2.03 bits per heavy atom. The lowest BCUT2D eigenvalue weighted by atomic mass is 10.1. The van der Waals surface area contributed by atoms with E-state index in [4.69, 9.17) is 4.74 Å². The number of carbonyl (C=O) groups excluding carboxylic acids is 1. The Kier molecular flexibility index (Phi) is 6.52. The number of para-hydroxylation sites is 1. The first-order valence-corrected chi connectivity index (χ1v) is 11.3. The van der Waals surface area contributed by atoms with Crippen molar-refractivity contribution in [2.45, 2.75) is 27.3 Å². The van der Waals surface area contributed by atoms with Crippen LogP contribution in [-0.4, -0.2) is 27.3 Å². The molecule has 2 heterocycles. The number of fused-ring (bicyclic) bond motifs is 1. The molecule has 0 unspecified atom stereocenters. The second kappa shape index (κ2) is 9.67. The number of ether oxygens (including phenoxy) is 1. The largest absolute Gasteiger partial charge is 0.491 e. The van der Waals surface area contributed by atoms with Gasteiger partial charge >= 0.3 is 0 Å². The van der Waals surface area contributed by atoms with Gasteiger partial charge in [-0.25, -0.2) is 0 Å². The first-order valence-electron chi connectivity index (χ1n) is 10.5. The highest BCUT2D eigenvalue weighted by molar-refractivity contribution is 7.15. The zero-order valence-electron chi connectivity index (χ0n) is 18.6. The summed E-state index contributed by atoms with van der Waals surface area (Å²) in [6, 6.07) is 16.0. The van der Waals surface area contributed by atoms with Gasteiger partial charge in [0.05, 0.1) is 6.54 Å². The van der Waals surface area contributed by atoms with Crippen LogP contribution in [-0.2, 0) is 11.3 Å². The quantitative estimate of drug-likeness (QED) is 0.310. The summed E-state index contributed by atoms with van der Waals surface area (Å²) in [5.41, 5.74) is 4.04. The Bertz CT molecular complexity index is 1390. The fraction of sp³-hybridized carbons (Fsp3) is 0.200. The Morgan fingerprint density at radius 1 is 1.21 bits per heavy atom. The van der Waals surface area contributed by atoms with Crippen LogP contribution in [0.15, 0.2) is 54.2 Å². The number of carbonyl (C=O) groups is 1. The number of aryl methyl sites for hydroxylation is 3. The van der Waals surface area contributed by atoms with Gasteiger partial charge in [-0.2, -0.15) is 5.26 Å². The summed E-state index contributed by atoms with van der Waals surface area (Å²) in [5, 5.41) is 22.1. The van der Waals surface area contributed by atoms with Gasteiger partial charge in [-0.05, 0) is 50.1 Å². The Labute approximate surface area is 196 Å². The van der Waals surface area contributed by atoms with E-state index >= 15 is 0 Å². The number of hydrogen-bond acceptors (Lipinski definition) is 6. The summed E-state index contributed by atoms with van der Waals surface area (Å²) < 4.78 is 8.10. The van der Waals surface area contributed by atoms with Crippen LogP contribution in [0.2, 0.25) is 0 Å². The zero-order valence-corrected chi connectivity index (χ0v) is 19.4. The van der Waals surface area contributed by atoms with Crippen molar-refractivity contribution in [3.05, 3.63) is 75.9 Å². The number of hydrogen-bond donors (Lipinski definition) is 1. The summed E-state index contributed by atoms with van der Waals surface area (Å²) in [7, 11) is 0. The lowest BCUT2D eigenvalue weighted by Gasteiger charge is -2.11. The van der Waals surface area contributed by atoms with Crippen LogP contribution in [0.3, 0.4) is 0 Å². The van der Waals surface area contributed by atoms with Crippen LogP contribution in [0.1, 0.15) is 21.7 Å². The predicted molar refractivity (Wildman–Crippen MR) is 130 cm³/mol. The van der Waals surface area contributed by atoms with Crippen LogP contribution in [0, 0.1) is 32.1 Å². The van der Waals surface area contributed by atoms with E-state index in [0.717, 1.165) is 38.4 Å². The van der Waals surface area contributed by atoms with E-state index < -0.39 is 5.91 Å². The van der Waals surface area contributed by atoms with E-state index in [1.807, 2.05) is 56.4 Å². The van der Waals surface area contributed by atoms with E-state index in [9.17, 15) is 10.1 Å². The minimum absolute atomic E-state index is 0.00242. The van der Waals surface area contributed by atoms with Gasteiger partial charge in [0.25, 0.3) is 5.91 Å². The molecule has 0 radical (unpaired) electrons. The van der Waals surface area contributed by atoms with Gasteiger partial charge in [0.15, 0.2) is 0 Å². The maximum Gasteiger partial charge on any atom is 0.268 e. The molecule has 33 heavy (non-hydrogen) atoms. The summed E-state index contributed by atoms with van der Waals surface area (Å²) in [6.07, 6.45) is 3.55. The molecule has 0 aliphatic heterocycles. The first-order chi connectivity index (χ1) is 15.9. The highest BCUT2D eigenvalue weighted by atomic mass is 32.1. The molecule has 0 saturated carbocycles. The average Bonchev–Trinajstić information content (AvgIpc) is 3.37. The van der Waals surface area contributed by atoms with Crippen LogP contribution < -0.4 is 10.1 Å². The molecule has 0 aliphatic rings. The number of amides is 1. The van der Waals surface area contributed by atoms with Crippen molar-refractivity contribution in [3.8, 4) is 11.8 Å². The van der Waals surface area contributed by atoms with Crippen molar-refractivity contribution in [2.75, 3.05) is 11.9 Å². The number of rotatable bonds is 7. The molecule has 4 rings (SSSR count). The number of nitriles is 1. The number of anilines is 1. The predicted octanol–water partition coefficient (Wildman–Crippen LogP) is 5.04. The van der Waals surface area contributed by atoms with Crippen LogP contribution in [0.5, 0.6) is 5.75 Å². The molecule has 0 bridgehead atoms. The molecular weight excluding hydrogens is 434 g/mol. The molecule has 7 nitrogen and oxygen atoms in total. The van der Waals surface area contributed by atoms with Gasteiger partial charge < -0.3 is 9.30 Å². The van der Waals surface area contributed by atoms with Crippen LogP contribution in [0.25, 0.3) is 17.0 Å². The third-order valence-electron chi connectivity index (χ3n) is 5.16. The van der Waals surface area contributed by atoms with Crippen molar-refractivity contribution in [1.82, 2.24) is 14.8 Å². The maximum absolute atomic E-state index is 12.6. The van der Waals surface area contributed by atoms with Crippen molar-refractivity contribution < 1.29 is 9.53 Å². The van der Waals surface area contributed by atoms with Crippen molar-refractivity contribution in [2.24, 2.45) is 0 Å². The summed E-state index contributed by atoms with van der Waals surface area (Å²) in [5.74, 6) is 0.366. The lowest BCUT2D eigenvalue weighted by molar-refractivity contribution is -0.112. The molecule has 0 atom stereocenters. The second-order valence-corrected chi connectivity index (χ2v) is 8.84. The number of benzene rings is 2. The second-order valence-electron chi connectivity index (χ2n) is 7.66. The Hall–Kier alpha value is -3.96. The molecule has 2 aromatic heterocycles. The average molecular weight is 458 g/mol. The van der Waals surface area contributed by atoms with Crippen LogP contribution >= 0.6 is 11.3 Å². The number of nitrogens with zero attached hydrogens (tertiary/aromatic N) is 4. The molecule has 166 valence electrons. The minimum atomic E-state index is -0.510. The molecule has 0 fully saturated rings. The molecule has 0 saturated heterocycles. The van der Waals surface area contributed by atoms with Crippen molar-refractivity contribution >= 4 is 39.4 Å². The third-order valence-corrected chi connectivity index (χ3v) is 5.92. The molecular formula is C25H23N5O2S. The molecule has 1 N–H and O–H groups in total. The highest BCUT2D eigenvalue weighted by Crippen LogP contribution is 2.25. The molecule has 4 aromatic rings. The molecule has 8 heteroatoms. The fourth-order valence-corrected chi connectivity index (χ4v) is 4.09. The van der Waals surface area contributed by atoms with E-state index in [-0.39, 0.29) is 5.57 Å². The van der Waals surface area contributed by atoms with Gasteiger partial charge in [-0.3, -0.25) is 10.1 Å². The fourth-order valence-electron chi connectivity index (χ4n) is 3.51. The normalized spacial score (nSPS) is 11.4. The van der Waals surface area contributed by atoms with E-state index in [1.54, 1.807) is 13.0 Å². The van der Waals surface area contributed by atoms with Gasteiger partial charge in [-0.15, -0.1) is 10.2 Å². The van der Waals surface area contributed by atoms with Gasteiger partial charge in [0.2, 0.25) is 5.13 Å². The molecule has 0 spiro atoms. The molecule has 1 amide bonds. The van der Waals surface area contributed by atoms with Crippen LogP contribution in [0.4, 0.5) is 5.13 Å². The first kappa shape index (κ1) is 22.2. The number of aromatic nitrogens is 3. The standard InChI is InChI=1S/C25H23N5O2S/c1-16-8-9-17(2)23(12-16)32-11-10-30-15-20(21-6-4-5-7-22(21)30)13-19(14-26)24(31)27-25-29-28-18(3)33-25/h4-9,12-13,15H,10-11H2,1-3H3,(H,27,29,31)/b19-13-. The molecule has 2 aromatic carbocycles. The Morgan fingerprint density at radius 3 is 2.79 bits per heavy atom. The summed E-state index contributed by atoms with van der Waals surface area (Å²) >= 11 is 1.26. The van der Waals surface area contributed by atoms with Crippen molar-refractivity contribution in [1.29, 1.82) is 5.26 Å². The SMILES string of the molecule is Cc1ccc(C)c(OCCn2cc(/C=C(/C#N)C(=O)Nc3nnc(C)s3)c3ccccc32)c1. The maximum atomic E-state index is 12.6. The van der Waals surface area contributed by atoms with Gasteiger partial charge in [0.1, 0.15) is 29.0 Å². The zero-order chi connectivity index (χ0) is 23.4. The van der Waals surface area contributed by atoms with Crippen molar-refractivity contribution in [3.63, 3.8) is 0 Å². The van der Waals surface area contributed by atoms with E-state index in [2.05, 4.69) is 32.2 Å².